The Bertz CT molecular complexity index is 598. The monoisotopic (exact) mass is 328 g/mol. The van der Waals surface area contributed by atoms with Crippen LogP contribution >= 0.6 is 0 Å². The first kappa shape index (κ1) is 18.2. The molecule has 0 bridgehead atoms. The largest absolute Gasteiger partial charge is 0.458 e. The number of carbonyl (C=O) groups is 1. The van der Waals surface area contributed by atoms with Crippen LogP contribution in [0.25, 0.3) is 0 Å². The van der Waals surface area contributed by atoms with Crippen molar-refractivity contribution in [1.82, 2.24) is 0 Å². The third kappa shape index (κ3) is 6.52. The summed E-state index contributed by atoms with van der Waals surface area (Å²) in [5.74, 6) is -0.381. The van der Waals surface area contributed by atoms with Crippen LogP contribution < -0.4 is 0 Å². The van der Waals surface area contributed by atoms with Gasteiger partial charge < -0.3 is 14.2 Å². The smallest absolute Gasteiger partial charge is 0.332 e. The number of carbonyl (C=O) groups excluding carboxylic acids is 1. The van der Waals surface area contributed by atoms with E-state index in [1.807, 2.05) is 74.5 Å². The summed E-state index contributed by atoms with van der Waals surface area (Å²) >= 11 is 0. The van der Waals surface area contributed by atoms with Gasteiger partial charge in [0.25, 0.3) is 0 Å². The number of benzene rings is 2. The number of hydrogen-bond donors (Lipinski definition) is 0. The molecule has 0 fully saturated rings. The highest BCUT2D eigenvalue weighted by Crippen LogP contribution is 2.09. The van der Waals surface area contributed by atoms with Gasteiger partial charge in [-0.25, -0.2) is 4.79 Å². The molecular formula is C20H24O4. The predicted molar refractivity (Wildman–Crippen MR) is 92.3 cm³/mol. The Labute approximate surface area is 143 Å². The summed E-state index contributed by atoms with van der Waals surface area (Å²) in [7, 11) is 0. The molecule has 2 atom stereocenters. The molecule has 4 nitrogen and oxygen atoms in total. The summed E-state index contributed by atoms with van der Waals surface area (Å²) in [5, 5.41) is 0. The van der Waals surface area contributed by atoms with Gasteiger partial charge in [-0.1, -0.05) is 60.7 Å². The second-order valence-corrected chi connectivity index (χ2v) is 5.68. The molecule has 2 unspecified atom stereocenters. The maximum atomic E-state index is 11.8. The van der Waals surface area contributed by atoms with Crippen molar-refractivity contribution in [1.29, 1.82) is 0 Å². The number of hydrogen-bond acceptors (Lipinski definition) is 4. The first-order chi connectivity index (χ1) is 11.6. The number of rotatable bonds is 9. The fourth-order valence-corrected chi connectivity index (χ4v) is 2.10. The molecule has 0 heterocycles. The van der Waals surface area contributed by atoms with Crippen molar-refractivity contribution >= 4 is 5.97 Å². The zero-order valence-corrected chi connectivity index (χ0v) is 14.2. The number of esters is 1. The molecule has 2 aromatic rings. The summed E-state index contributed by atoms with van der Waals surface area (Å²) in [6.07, 6.45) is -0.523. The average molecular weight is 328 g/mol. The molecular weight excluding hydrogens is 304 g/mol. The zero-order valence-electron chi connectivity index (χ0n) is 14.2. The van der Waals surface area contributed by atoms with Crippen molar-refractivity contribution in [2.45, 2.75) is 39.3 Å². The van der Waals surface area contributed by atoms with Gasteiger partial charge in [0.05, 0.1) is 19.3 Å². The van der Waals surface area contributed by atoms with Crippen LogP contribution in [-0.4, -0.2) is 24.8 Å². The zero-order chi connectivity index (χ0) is 17.2. The summed E-state index contributed by atoms with van der Waals surface area (Å²) < 4.78 is 16.5. The van der Waals surface area contributed by atoms with Gasteiger partial charge in [0.2, 0.25) is 0 Å². The van der Waals surface area contributed by atoms with E-state index in [2.05, 4.69) is 0 Å². The van der Waals surface area contributed by atoms with E-state index >= 15 is 0 Å². The summed E-state index contributed by atoms with van der Waals surface area (Å²) in [5.41, 5.74) is 2.12. The standard InChI is InChI=1S/C20H24O4/c1-16(23-14-19-11-7-4-8-12-19)17(2)24-20(21)15-22-13-18-9-5-3-6-10-18/h3-12,16-17H,13-15H2,1-2H3. The molecule has 128 valence electrons. The minimum absolute atomic E-state index is 0.0648. The van der Waals surface area contributed by atoms with Crippen molar-refractivity contribution in [2.75, 3.05) is 6.61 Å². The van der Waals surface area contributed by atoms with Gasteiger partial charge in [-0.05, 0) is 25.0 Å². The minimum atomic E-state index is -0.381. The first-order valence-electron chi connectivity index (χ1n) is 8.12. The SMILES string of the molecule is CC(OCc1ccccc1)C(C)OC(=O)COCc1ccccc1. The minimum Gasteiger partial charge on any atom is -0.458 e. The maximum Gasteiger partial charge on any atom is 0.332 e. The molecule has 2 aromatic carbocycles. The fraction of sp³-hybridized carbons (Fsp3) is 0.350. The quantitative estimate of drug-likeness (QED) is 0.658. The second-order valence-electron chi connectivity index (χ2n) is 5.68. The van der Waals surface area contributed by atoms with E-state index in [9.17, 15) is 4.79 Å². The Kier molecular flexibility index (Phi) is 7.46. The van der Waals surface area contributed by atoms with Gasteiger partial charge in [-0.15, -0.1) is 0 Å². The third-order valence-electron chi connectivity index (χ3n) is 3.67. The van der Waals surface area contributed by atoms with E-state index in [0.717, 1.165) is 11.1 Å². The van der Waals surface area contributed by atoms with Crippen molar-refractivity contribution < 1.29 is 19.0 Å². The molecule has 0 aliphatic rings. The van der Waals surface area contributed by atoms with Crippen molar-refractivity contribution in [3.8, 4) is 0 Å². The molecule has 0 aliphatic heterocycles. The lowest BCUT2D eigenvalue weighted by atomic mass is 10.2. The van der Waals surface area contributed by atoms with Gasteiger partial charge in [-0.2, -0.15) is 0 Å². The van der Waals surface area contributed by atoms with Crippen LogP contribution in [0.3, 0.4) is 0 Å². The Morgan fingerprint density at radius 3 is 1.96 bits per heavy atom. The van der Waals surface area contributed by atoms with E-state index in [-0.39, 0.29) is 24.8 Å². The molecule has 0 aromatic heterocycles. The highest BCUT2D eigenvalue weighted by molar-refractivity contribution is 5.70. The Morgan fingerprint density at radius 1 is 0.833 bits per heavy atom. The van der Waals surface area contributed by atoms with E-state index < -0.39 is 0 Å². The molecule has 0 spiro atoms. The Balaban J connectivity index is 1.65. The summed E-state index contributed by atoms with van der Waals surface area (Å²) in [4.78, 5) is 11.8. The van der Waals surface area contributed by atoms with Crippen LogP contribution in [-0.2, 0) is 32.2 Å². The third-order valence-corrected chi connectivity index (χ3v) is 3.67. The lowest BCUT2D eigenvalue weighted by molar-refractivity contribution is -0.161. The lowest BCUT2D eigenvalue weighted by Crippen LogP contribution is -2.30. The Morgan fingerprint density at radius 2 is 1.38 bits per heavy atom. The maximum absolute atomic E-state index is 11.8. The molecule has 2 rings (SSSR count). The van der Waals surface area contributed by atoms with E-state index in [0.29, 0.717) is 13.2 Å². The van der Waals surface area contributed by atoms with Crippen LogP contribution in [0, 0.1) is 0 Å². The molecule has 0 saturated heterocycles. The topological polar surface area (TPSA) is 44.8 Å². The predicted octanol–water partition coefficient (Wildman–Crippen LogP) is 3.74. The van der Waals surface area contributed by atoms with Crippen molar-refractivity contribution in [3.63, 3.8) is 0 Å². The lowest BCUT2D eigenvalue weighted by Gasteiger charge is -2.21. The molecule has 0 radical (unpaired) electrons. The first-order valence-corrected chi connectivity index (χ1v) is 8.12. The molecule has 0 N–H and O–H groups in total. The molecule has 0 aliphatic carbocycles. The highest BCUT2D eigenvalue weighted by atomic mass is 16.6. The van der Waals surface area contributed by atoms with Crippen molar-refractivity contribution in [3.05, 3.63) is 71.8 Å². The van der Waals surface area contributed by atoms with Gasteiger partial charge >= 0.3 is 5.97 Å². The molecule has 0 amide bonds. The van der Waals surface area contributed by atoms with Crippen LogP contribution in [0.1, 0.15) is 25.0 Å². The molecule has 24 heavy (non-hydrogen) atoms. The van der Waals surface area contributed by atoms with Gasteiger partial charge in [0.1, 0.15) is 12.7 Å². The molecule has 4 heteroatoms. The van der Waals surface area contributed by atoms with Crippen molar-refractivity contribution in [2.24, 2.45) is 0 Å². The van der Waals surface area contributed by atoms with Crippen LogP contribution in [0.2, 0.25) is 0 Å². The van der Waals surface area contributed by atoms with Gasteiger partial charge in [0.15, 0.2) is 0 Å². The van der Waals surface area contributed by atoms with E-state index in [4.69, 9.17) is 14.2 Å². The fourth-order valence-electron chi connectivity index (χ4n) is 2.10. The van der Waals surface area contributed by atoms with Gasteiger partial charge in [-0.3, -0.25) is 0 Å². The molecule has 0 saturated carbocycles. The van der Waals surface area contributed by atoms with Crippen LogP contribution in [0.4, 0.5) is 0 Å². The highest BCUT2D eigenvalue weighted by Gasteiger charge is 2.17. The van der Waals surface area contributed by atoms with Crippen LogP contribution in [0.15, 0.2) is 60.7 Å². The summed E-state index contributed by atoms with van der Waals surface area (Å²) in [6.45, 7) is 4.54. The van der Waals surface area contributed by atoms with E-state index in [1.54, 1.807) is 0 Å². The van der Waals surface area contributed by atoms with Gasteiger partial charge in [0, 0.05) is 0 Å². The summed E-state index contributed by atoms with van der Waals surface area (Å²) in [6, 6.07) is 19.6. The normalized spacial score (nSPS) is 13.2. The second kappa shape index (κ2) is 9.85. The van der Waals surface area contributed by atoms with E-state index in [1.165, 1.54) is 0 Å². The van der Waals surface area contributed by atoms with Crippen LogP contribution in [0.5, 0.6) is 0 Å². The number of ether oxygens (including phenoxy) is 3. The average Bonchev–Trinajstić information content (AvgIpc) is 2.61. The Hall–Kier alpha value is -2.17.